The Bertz CT molecular complexity index is 3650. The molecule has 4 aliphatic carbocycles. The standard InChI is InChI=1S/C65H47N/c1-63(2)51-25-12-10-23-49(51)60-56(63)30-17-31-58(60)66(59-39-42-18-5-6-19-44(42)62-61(59)50-24-11-13-26-52(50)64(62,3)4)43-35-32-40(33-36-43)41-34-37-48-47-22-9-16-29-55(47)65(57(48)38-41)53-27-14-7-20-45(53)46-21-8-15-28-54(46)65/h5-39H,1-4H3. The highest BCUT2D eigenvalue weighted by molar-refractivity contribution is 6.08. The van der Waals surface area contributed by atoms with Crippen LogP contribution in [0.4, 0.5) is 17.1 Å². The van der Waals surface area contributed by atoms with E-state index in [4.69, 9.17) is 0 Å². The molecular weight excluding hydrogens is 795 g/mol. The summed E-state index contributed by atoms with van der Waals surface area (Å²) in [5.74, 6) is 0. The lowest BCUT2D eigenvalue weighted by atomic mass is 9.70. The number of nitrogens with zero attached hydrogens (tertiary/aromatic N) is 1. The Balaban J connectivity index is 0.995. The quantitative estimate of drug-likeness (QED) is 0.171. The van der Waals surface area contributed by atoms with Gasteiger partial charge in [0.15, 0.2) is 0 Å². The zero-order chi connectivity index (χ0) is 44.1. The van der Waals surface area contributed by atoms with Crippen LogP contribution in [0.1, 0.15) is 72.2 Å². The molecule has 0 saturated heterocycles. The Kier molecular flexibility index (Phi) is 7.51. The first-order valence-corrected chi connectivity index (χ1v) is 23.5. The summed E-state index contributed by atoms with van der Waals surface area (Å²) in [6, 6.07) is 80.5. The molecule has 0 radical (unpaired) electrons. The molecule has 0 aromatic heterocycles. The van der Waals surface area contributed by atoms with Gasteiger partial charge in [-0.25, -0.2) is 0 Å². The normalized spacial score (nSPS) is 15.3. The third-order valence-corrected chi connectivity index (χ3v) is 16.0. The second kappa shape index (κ2) is 13.2. The maximum atomic E-state index is 2.59. The van der Waals surface area contributed by atoms with Crippen LogP contribution in [-0.2, 0) is 16.2 Å². The lowest BCUT2D eigenvalue weighted by Gasteiger charge is -2.32. The maximum absolute atomic E-state index is 2.59. The Hall–Kier alpha value is -7.74. The van der Waals surface area contributed by atoms with Crippen LogP contribution in [-0.4, -0.2) is 0 Å². The summed E-state index contributed by atoms with van der Waals surface area (Å²) >= 11 is 0. The van der Waals surface area contributed by atoms with E-state index in [1.54, 1.807) is 0 Å². The van der Waals surface area contributed by atoms with Crippen molar-refractivity contribution in [3.8, 4) is 55.6 Å². The van der Waals surface area contributed by atoms with Crippen molar-refractivity contribution in [2.45, 2.75) is 43.9 Å². The highest BCUT2D eigenvalue weighted by atomic mass is 15.1. The number of fused-ring (bicyclic) bond motifs is 18. The van der Waals surface area contributed by atoms with Gasteiger partial charge in [0.2, 0.25) is 0 Å². The van der Waals surface area contributed by atoms with Crippen LogP contribution in [0.3, 0.4) is 0 Å². The fraction of sp³-hybridized carbons (Fsp3) is 0.108. The summed E-state index contributed by atoms with van der Waals surface area (Å²) in [6.07, 6.45) is 0. The number of hydrogen-bond acceptors (Lipinski definition) is 1. The van der Waals surface area contributed by atoms with Gasteiger partial charge in [-0.2, -0.15) is 0 Å². The molecule has 1 heteroatoms. The molecule has 10 aromatic rings. The summed E-state index contributed by atoms with van der Waals surface area (Å²) in [5, 5.41) is 2.58. The predicted molar refractivity (Wildman–Crippen MR) is 275 cm³/mol. The van der Waals surface area contributed by atoms with Gasteiger partial charge in [0.25, 0.3) is 0 Å². The van der Waals surface area contributed by atoms with E-state index in [-0.39, 0.29) is 16.2 Å². The van der Waals surface area contributed by atoms with Gasteiger partial charge < -0.3 is 4.90 Å². The first kappa shape index (κ1) is 37.6. The Morgan fingerprint density at radius 1 is 0.318 bits per heavy atom. The summed E-state index contributed by atoms with van der Waals surface area (Å²) in [5.41, 5.74) is 26.8. The smallest absolute Gasteiger partial charge is 0.0725 e. The van der Waals surface area contributed by atoms with Crippen molar-refractivity contribution in [1.29, 1.82) is 0 Å². The van der Waals surface area contributed by atoms with Crippen molar-refractivity contribution >= 4 is 27.8 Å². The molecule has 0 unspecified atom stereocenters. The molecule has 66 heavy (non-hydrogen) atoms. The molecule has 0 atom stereocenters. The van der Waals surface area contributed by atoms with Crippen molar-refractivity contribution < 1.29 is 0 Å². The highest BCUT2D eigenvalue weighted by Crippen LogP contribution is 2.64. The SMILES string of the molecule is CC1(C)c2ccccc2-c2c(N(c3ccc(-c4ccc5c(c4)C4(c6ccccc6-c6ccccc64)c4ccccc4-5)cc3)c3cc4ccccc4c4c3-c3ccccc3C4(C)C)cccc21. The first-order chi connectivity index (χ1) is 32.3. The minimum Gasteiger partial charge on any atom is -0.309 e. The molecule has 10 aromatic carbocycles. The van der Waals surface area contributed by atoms with Crippen molar-refractivity contribution in [2.75, 3.05) is 4.90 Å². The van der Waals surface area contributed by atoms with Crippen LogP contribution in [0.2, 0.25) is 0 Å². The van der Waals surface area contributed by atoms with Crippen LogP contribution >= 0.6 is 0 Å². The number of anilines is 3. The molecule has 0 heterocycles. The minimum atomic E-state index is -0.385. The fourth-order valence-corrected chi connectivity index (χ4v) is 13.2. The van der Waals surface area contributed by atoms with Crippen molar-refractivity contribution in [2.24, 2.45) is 0 Å². The number of benzene rings is 10. The zero-order valence-electron chi connectivity index (χ0n) is 37.7. The number of hydrogen-bond donors (Lipinski definition) is 0. The van der Waals surface area contributed by atoms with E-state index in [0.29, 0.717) is 0 Å². The molecule has 0 bridgehead atoms. The van der Waals surface area contributed by atoms with Gasteiger partial charge in [0.05, 0.1) is 16.8 Å². The Morgan fingerprint density at radius 3 is 1.44 bits per heavy atom. The first-order valence-electron chi connectivity index (χ1n) is 23.5. The van der Waals surface area contributed by atoms with E-state index in [0.717, 1.165) is 5.69 Å². The minimum absolute atomic E-state index is 0.137. The van der Waals surface area contributed by atoms with Crippen LogP contribution in [0.15, 0.2) is 212 Å². The van der Waals surface area contributed by atoms with E-state index < -0.39 is 0 Å². The largest absolute Gasteiger partial charge is 0.309 e. The molecule has 0 amide bonds. The molecule has 312 valence electrons. The topological polar surface area (TPSA) is 3.24 Å². The van der Waals surface area contributed by atoms with Gasteiger partial charge in [-0.3, -0.25) is 0 Å². The maximum Gasteiger partial charge on any atom is 0.0725 e. The summed E-state index contributed by atoms with van der Waals surface area (Å²) in [7, 11) is 0. The van der Waals surface area contributed by atoms with E-state index in [2.05, 4.69) is 245 Å². The lowest BCUT2D eigenvalue weighted by Crippen LogP contribution is -2.25. The molecule has 1 spiro atoms. The van der Waals surface area contributed by atoms with E-state index in [1.165, 1.54) is 122 Å². The predicted octanol–water partition coefficient (Wildman–Crippen LogP) is 16.9. The van der Waals surface area contributed by atoms with Crippen LogP contribution < -0.4 is 4.90 Å². The molecule has 0 aliphatic heterocycles. The summed E-state index contributed by atoms with van der Waals surface area (Å²) in [6.45, 7) is 9.59. The fourth-order valence-electron chi connectivity index (χ4n) is 13.2. The van der Waals surface area contributed by atoms with Gasteiger partial charge in [0.1, 0.15) is 0 Å². The van der Waals surface area contributed by atoms with E-state index >= 15 is 0 Å². The molecule has 0 N–H and O–H groups in total. The van der Waals surface area contributed by atoms with Crippen molar-refractivity contribution in [1.82, 2.24) is 0 Å². The van der Waals surface area contributed by atoms with Gasteiger partial charge in [-0.15, -0.1) is 0 Å². The second-order valence-electron chi connectivity index (χ2n) is 19.9. The summed E-state index contributed by atoms with van der Waals surface area (Å²) in [4.78, 5) is 2.59. The van der Waals surface area contributed by atoms with E-state index in [1.807, 2.05) is 0 Å². The monoisotopic (exact) mass is 841 g/mol. The van der Waals surface area contributed by atoms with Gasteiger partial charge in [-0.1, -0.05) is 210 Å². The Morgan fingerprint density at radius 2 is 0.803 bits per heavy atom. The third kappa shape index (κ3) is 4.70. The molecule has 0 saturated carbocycles. The van der Waals surface area contributed by atoms with Gasteiger partial charge >= 0.3 is 0 Å². The van der Waals surface area contributed by atoms with Gasteiger partial charge in [0, 0.05) is 27.6 Å². The lowest BCUT2D eigenvalue weighted by molar-refractivity contribution is 0.660. The third-order valence-electron chi connectivity index (χ3n) is 16.0. The van der Waals surface area contributed by atoms with Crippen LogP contribution in [0, 0.1) is 0 Å². The van der Waals surface area contributed by atoms with Crippen LogP contribution in [0.5, 0.6) is 0 Å². The molecule has 1 nitrogen and oxygen atoms in total. The van der Waals surface area contributed by atoms with E-state index in [9.17, 15) is 0 Å². The van der Waals surface area contributed by atoms with Crippen LogP contribution in [0.25, 0.3) is 66.4 Å². The summed E-state index contributed by atoms with van der Waals surface area (Å²) < 4.78 is 0. The molecular formula is C65H47N. The van der Waals surface area contributed by atoms with Crippen molar-refractivity contribution in [3.63, 3.8) is 0 Å². The molecule has 4 aliphatic rings. The second-order valence-corrected chi connectivity index (χ2v) is 19.9. The molecule has 0 fully saturated rings. The zero-order valence-corrected chi connectivity index (χ0v) is 37.7. The Labute approximate surface area is 387 Å². The molecule has 14 rings (SSSR count). The highest BCUT2D eigenvalue weighted by Gasteiger charge is 2.51. The van der Waals surface area contributed by atoms with Crippen molar-refractivity contribution in [3.05, 3.63) is 257 Å². The average Bonchev–Trinajstić information content (AvgIpc) is 4.00. The number of rotatable bonds is 4. The average molecular weight is 842 g/mol. The van der Waals surface area contributed by atoms with Gasteiger partial charge in [-0.05, 0) is 130 Å².